The summed E-state index contributed by atoms with van der Waals surface area (Å²) >= 11 is 5.97. The number of halogens is 1. The number of ether oxygens (including phenoxy) is 1. The monoisotopic (exact) mass is 248 g/mol. The Bertz CT molecular complexity index is 567. The average Bonchev–Trinajstić information content (AvgIpc) is 2.26. The molecule has 1 aliphatic carbocycles. The van der Waals surface area contributed by atoms with Gasteiger partial charge in [0.15, 0.2) is 0 Å². The first kappa shape index (κ1) is 10.8. The first-order valence-electron chi connectivity index (χ1n) is 5.79. The molecular weight excluding hydrogens is 236 g/mol. The summed E-state index contributed by atoms with van der Waals surface area (Å²) in [4.78, 5) is 8.65. The number of hydrogen-bond donors (Lipinski definition) is 0. The highest BCUT2D eigenvalue weighted by molar-refractivity contribution is 6.28. The molecule has 1 fully saturated rings. The number of methoxy groups -OCH3 is 1. The molecular formula is C13H13ClN2O. The Morgan fingerprint density at radius 2 is 2.12 bits per heavy atom. The topological polar surface area (TPSA) is 35.0 Å². The van der Waals surface area contributed by atoms with Crippen molar-refractivity contribution in [3.63, 3.8) is 0 Å². The first-order chi connectivity index (χ1) is 8.28. The van der Waals surface area contributed by atoms with E-state index < -0.39 is 0 Å². The minimum absolute atomic E-state index is 0.338. The Morgan fingerprint density at radius 1 is 1.29 bits per heavy atom. The Balaban J connectivity index is 2.22. The maximum Gasteiger partial charge on any atom is 0.223 e. The standard InChI is InChI=1S/C13H13ClN2O/c1-17-9-5-6-11-10(7-9)12(8-3-2-4-8)16-13(14)15-11/h5-8H,2-4H2,1H3. The Hall–Kier alpha value is -1.35. The first-order valence-corrected chi connectivity index (χ1v) is 6.17. The molecule has 0 unspecified atom stereocenters. The normalized spacial score (nSPS) is 15.9. The van der Waals surface area contributed by atoms with Crippen molar-refractivity contribution in [2.24, 2.45) is 0 Å². The van der Waals surface area contributed by atoms with Crippen molar-refractivity contribution < 1.29 is 4.74 Å². The van der Waals surface area contributed by atoms with Crippen molar-refractivity contribution in [1.29, 1.82) is 0 Å². The van der Waals surface area contributed by atoms with Crippen LogP contribution in [0.5, 0.6) is 5.75 Å². The summed E-state index contributed by atoms with van der Waals surface area (Å²) in [6.07, 6.45) is 3.66. The van der Waals surface area contributed by atoms with Crippen molar-refractivity contribution in [3.05, 3.63) is 29.2 Å². The minimum Gasteiger partial charge on any atom is -0.497 e. The molecule has 4 heteroatoms. The molecule has 3 rings (SSSR count). The summed E-state index contributed by atoms with van der Waals surface area (Å²) in [7, 11) is 1.67. The minimum atomic E-state index is 0.338. The molecule has 1 aromatic heterocycles. The maximum atomic E-state index is 5.97. The molecule has 17 heavy (non-hydrogen) atoms. The number of benzene rings is 1. The molecule has 1 saturated carbocycles. The van der Waals surface area contributed by atoms with Crippen molar-refractivity contribution >= 4 is 22.5 Å². The second kappa shape index (κ2) is 4.15. The maximum absolute atomic E-state index is 5.97. The van der Waals surface area contributed by atoms with E-state index in [0.29, 0.717) is 11.2 Å². The van der Waals surface area contributed by atoms with Crippen molar-refractivity contribution in [1.82, 2.24) is 9.97 Å². The molecule has 1 heterocycles. The van der Waals surface area contributed by atoms with Gasteiger partial charge in [-0.15, -0.1) is 0 Å². The summed E-state index contributed by atoms with van der Waals surface area (Å²) < 4.78 is 5.25. The smallest absolute Gasteiger partial charge is 0.223 e. The average molecular weight is 249 g/mol. The van der Waals surface area contributed by atoms with Crippen LogP contribution in [0.1, 0.15) is 30.9 Å². The van der Waals surface area contributed by atoms with E-state index in [0.717, 1.165) is 22.3 Å². The third kappa shape index (κ3) is 1.84. The highest BCUT2D eigenvalue weighted by Crippen LogP contribution is 2.39. The van der Waals surface area contributed by atoms with Gasteiger partial charge in [0.1, 0.15) is 5.75 Å². The van der Waals surface area contributed by atoms with Crippen LogP contribution in [0.25, 0.3) is 10.9 Å². The highest BCUT2D eigenvalue weighted by Gasteiger charge is 2.24. The fourth-order valence-electron chi connectivity index (χ4n) is 2.22. The number of rotatable bonds is 2. The summed E-state index contributed by atoms with van der Waals surface area (Å²) in [5, 5.41) is 1.41. The van der Waals surface area contributed by atoms with Crippen LogP contribution in [0.2, 0.25) is 5.28 Å². The molecule has 0 aliphatic heterocycles. The third-order valence-corrected chi connectivity index (χ3v) is 3.57. The zero-order chi connectivity index (χ0) is 11.8. The van der Waals surface area contributed by atoms with Gasteiger partial charge in [-0.25, -0.2) is 9.97 Å². The molecule has 0 atom stereocenters. The van der Waals surface area contributed by atoms with Gasteiger partial charge in [-0.2, -0.15) is 0 Å². The number of aromatic nitrogens is 2. The van der Waals surface area contributed by atoms with Crippen LogP contribution < -0.4 is 4.74 Å². The quantitative estimate of drug-likeness (QED) is 0.763. The molecule has 0 saturated heterocycles. The van der Waals surface area contributed by atoms with Crippen LogP contribution in [-0.2, 0) is 0 Å². The van der Waals surface area contributed by atoms with Gasteiger partial charge in [0, 0.05) is 11.3 Å². The summed E-state index contributed by atoms with van der Waals surface area (Å²) in [5.74, 6) is 1.37. The van der Waals surface area contributed by atoms with Crippen LogP contribution in [0.4, 0.5) is 0 Å². The van der Waals surface area contributed by atoms with E-state index in [1.165, 1.54) is 19.3 Å². The van der Waals surface area contributed by atoms with Gasteiger partial charge in [0.05, 0.1) is 18.3 Å². The third-order valence-electron chi connectivity index (χ3n) is 3.40. The fourth-order valence-corrected chi connectivity index (χ4v) is 2.40. The van der Waals surface area contributed by atoms with Crippen molar-refractivity contribution in [3.8, 4) is 5.75 Å². The van der Waals surface area contributed by atoms with E-state index in [9.17, 15) is 0 Å². The van der Waals surface area contributed by atoms with E-state index >= 15 is 0 Å². The molecule has 0 amide bonds. The molecule has 0 radical (unpaired) electrons. The van der Waals surface area contributed by atoms with Gasteiger partial charge in [0.2, 0.25) is 5.28 Å². The SMILES string of the molecule is COc1ccc2nc(Cl)nc(C3CCC3)c2c1. The number of hydrogen-bond acceptors (Lipinski definition) is 3. The van der Waals surface area contributed by atoms with Gasteiger partial charge in [-0.05, 0) is 42.6 Å². The molecule has 2 aromatic rings. The lowest BCUT2D eigenvalue weighted by atomic mass is 9.81. The van der Waals surface area contributed by atoms with E-state index in [2.05, 4.69) is 9.97 Å². The zero-order valence-electron chi connectivity index (χ0n) is 9.61. The van der Waals surface area contributed by atoms with E-state index in [1.54, 1.807) is 7.11 Å². The Kier molecular flexibility index (Phi) is 2.63. The Labute approximate surface area is 105 Å². The molecule has 0 N–H and O–H groups in total. The Morgan fingerprint density at radius 3 is 2.76 bits per heavy atom. The van der Waals surface area contributed by atoms with Crippen molar-refractivity contribution in [2.75, 3.05) is 7.11 Å². The predicted molar refractivity (Wildman–Crippen MR) is 67.7 cm³/mol. The molecule has 0 bridgehead atoms. The van der Waals surface area contributed by atoms with Crippen LogP contribution in [0, 0.1) is 0 Å². The van der Waals surface area contributed by atoms with Crippen molar-refractivity contribution in [2.45, 2.75) is 25.2 Å². The van der Waals surface area contributed by atoms with Crippen LogP contribution in [0.15, 0.2) is 18.2 Å². The fraction of sp³-hybridized carbons (Fsp3) is 0.385. The summed E-state index contributed by atoms with van der Waals surface area (Å²) in [5.41, 5.74) is 1.97. The van der Waals surface area contributed by atoms with E-state index in [1.807, 2.05) is 18.2 Å². The number of fused-ring (bicyclic) bond motifs is 1. The van der Waals surface area contributed by atoms with Crippen LogP contribution in [0.3, 0.4) is 0 Å². The van der Waals surface area contributed by atoms with Gasteiger partial charge in [0.25, 0.3) is 0 Å². The summed E-state index contributed by atoms with van der Waals surface area (Å²) in [6.45, 7) is 0. The second-order valence-electron chi connectivity index (χ2n) is 4.39. The zero-order valence-corrected chi connectivity index (χ0v) is 10.4. The van der Waals surface area contributed by atoms with Gasteiger partial charge in [-0.3, -0.25) is 0 Å². The van der Waals surface area contributed by atoms with E-state index in [-0.39, 0.29) is 0 Å². The molecule has 1 aliphatic rings. The predicted octanol–water partition coefficient (Wildman–Crippen LogP) is 3.56. The summed E-state index contributed by atoms with van der Waals surface area (Å²) in [6, 6.07) is 5.83. The lowest BCUT2D eigenvalue weighted by Crippen LogP contribution is -2.11. The largest absolute Gasteiger partial charge is 0.497 e. The van der Waals surface area contributed by atoms with Crippen LogP contribution in [-0.4, -0.2) is 17.1 Å². The molecule has 88 valence electrons. The van der Waals surface area contributed by atoms with Gasteiger partial charge >= 0.3 is 0 Å². The molecule has 0 spiro atoms. The van der Waals surface area contributed by atoms with Gasteiger partial charge < -0.3 is 4.74 Å². The lowest BCUT2D eigenvalue weighted by Gasteiger charge is -2.25. The van der Waals surface area contributed by atoms with Gasteiger partial charge in [-0.1, -0.05) is 6.42 Å². The highest BCUT2D eigenvalue weighted by atomic mass is 35.5. The molecule has 3 nitrogen and oxygen atoms in total. The lowest BCUT2D eigenvalue weighted by molar-refractivity contribution is 0.410. The molecule has 1 aromatic carbocycles. The second-order valence-corrected chi connectivity index (χ2v) is 4.73. The number of nitrogens with zero attached hydrogens (tertiary/aromatic N) is 2. The van der Waals surface area contributed by atoms with E-state index in [4.69, 9.17) is 16.3 Å². The van der Waals surface area contributed by atoms with Crippen LogP contribution >= 0.6 is 11.6 Å².